The zero-order valence-corrected chi connectivity index (χ0v) is 6.93. The Bertz CT molecular complexity index is 234. The molecule has 0 heterocycles. The molecule has 0 unspecified atom stereocenters. The molecule has 0 aromatic carbocycles. The summed E-state index contributed by atoms with van der Waals surface area (Å²) in [6.07, 6.45) is 4.95. The van der Waals surface area contributed by atoms with Crippen LogP contribution in [0.3, 0.4) is 0 Å². The van der Waals surface area contributed by atoms with E-state index in [1.54, 1.807) is 7.11 Å². The first-order chi connectivity index (χ1) is 5.74. The highest BCUT2D eigenvalue weighted by atomic mass is 16.5. The van der Waals surface area contributed by atoms with Crippen LogP contribution in [-0.4, -0.2) is 24.3 Å². The quantitative estimate of drug-likeness (QED) is 0.623. The molecule has 0 spiro atoms. The van der Waals surface area contributed by atoms with E-state index in [2.05, 4.69) is 6.08 Å². The summed E-state index contributed by atoms with van der Waals surface area (Å²) in [5, 5.41) is 8.92. The smallest absolute Gasteiger partial charge is 0.309 e. The number of fused-ring (bicyclic) bond motifs is 2. The highest BCUT2D eigenvalue weighted by molar-refractivity contribution is 5.72. The Labute approximate surface area is 71.0 Å². The van der Waals surface area contributed by atoms with Gasteiger partial charge in [-0.1, -0.05) is 12.2 Å². The van der Waals surface area contributed by atoms with E-state index in [0.29, 0.717) is 5.92 Å². The summed E-state index contributed by atoms with van der Waals surface area (Å²) >= 11 is 0. The minimum Gasteiger partial charge on any atom is -0.481 e. The van der Waals surface area contributed by atoms with Crippen LogP contribution in [0.4, 0.5) is 0 Å². The van der Waals surface area contributed by atoms with Crippen molar-refractivity contribution < 1.29 is 14.6 Å². The molecular formula is C9H12O3. The number of methoxy groups -OCH3 is 1. The van der Waals surface area contributed by atoms with Gasteiger partial charge in [0.2, 0.25) is 0 Å². The van der Waals surface area contributed by atoms with Gasteiger partial charge in [-0.2, -0.15) is 0 Å². The van der Waals surface area contributed by atoms with Gasteiger partial charge in [-0.15, -0.1) is 0 Å². The third-order valence-corrected chi connectivity index (χ3v) is 2.94. The number of hydrogen-bond acceptors (Lipinski definition) is 2. The summed E-state index contributed by atoms with van der Waals surface area (Å²) in [4.78, 5) is 10.8. The van der Waals surface area contributed by atoms with Crippen LogP contribution in [0.2, 0.25) is 0 Å². The minimum atomic E-state index is -0.723. The standard InChI is InChI=1S/C9H12O3/c1-12-8-6-3-2-5(4-6)7(8)9(10)11/h2-3,5-8H,4H2,1H3,(H,10,11)/t5-,6-,7+,8+/m0/s1. The molecular weight excluding hydrogens is 156 g/mol. The van der Waals surface area contributed by atoms with Gasteiger partial charge < -0.3 is 9.84 Å². The van der Waals surface area contributed by atoms with E-state index < -0.39 is 5.97 Å². The lowest BCUT2D eigenvalue weighted by molar-refractivity contribution is -0.147. The Hall–Kier alpha value is -0.830. The van der Waals surface area contributed by atoms with E-state index in [1.807, 2.05) is 6.08 Å². The van der Waals surface area contributed by atoms with Crippen molar-refractivity contribution in [2.45, 2.75) is 12.5 Å². The van der Waals surface area contributed by atoms with Crippen molar-refractivity contribution in [3.8, 4) is 0 Å². The molecule has 0 aromatic heterocycles. The topological polar surface area (TPSA) is 46.5 Å². The SMILES string of the molecule is CO[C@H]1[C@H](C(=O)O)[C@H]2C=C[C@H]1C2. The van der Waals surface area contributed by atoms with Crippen LogP contribution >= 0.6 is 0 Å². The van der Waals surface area contributed by atoms with Crippen LogP contribution in [0.1, 0.15) is 6.42 Å². The van der Waals surface area contributed by atoms with E-state index in [9.17, 15) is 4.79 Å². The average Bonchev–Trinajstić information content (AvgIpc) is 2.60. The van der Waals surface area contributed by atoms with E-state index in [-0.39, 0.29) is 17.9 Å². The fourth-order valence-electron chi connectivity index (χ4n) is 2.42. The largest absolute Gasteiger partial charge is 0.481 e. The lowest BCUT2D eigenvalue weighted by Crippen LogP contribution is -2.33. The van der Waals surface area contributed by atoms with Gasteiger partial charge >= 0.3 is 5.97 Å². The van der Waals surface area contributed by atoms with E-state index in [0.717, 1.165) is 6.42 Å². The van der Waals surface area contributed by atoms with Crippen LogP contribution in [0.25, 0.3) is 0 Å². The fourth-order valence-corrected chi connectivity index (χ4v) is 2.42. The summed E-state index contributed by atoms with van der Waals surface area (Å²) in [5.74, 6) is -0.498. The molecule has 0 saturated heterocycles. The van der Waals surface area contributed by atoms with Crippen LogP contribution in [0, 0.1) is 17.8 Å². The second kappa shape index (κ2) is 2.59. The summed E-state index contributed by atoms with van der Waals surface area (Å²) in [6.45, 7) is 0. The molecule has 3 heteroatoms. The first kappa shape index (κ1) is 7.80. The number of hydrogen-bond donors (Lipinski definition) is 1. The summed E-state index contributed by atoms with van der Waals surface area (Å²) in [5.41, 5.74) is 0. The molecule has 2 aliphatic carbocycles. The number of aliphatic carboxylic acids is 1. The summed E-state index contributed by atoms with van der Waals surface area (Å²) in [7, 11) is 1.59. The summed E-state index contributed by atoms with van der Waals surface area (Å²) < 4.78 is 5.19. The molecule has 4 atom stereocenters. The molecule has 0 amide bonds. The third kappa shape index (κ3) is 0.894. The molecule has 0 aliphatic heterocycles. The van der Waals surface area contributed by atoms with Crippen molar-refractivity contribution >= 4 is 5.97 Å². The fraction of sp³-hybridized carbons (Fsp3) is 0.667. The molecule has 0 aromatic rings. The van der Waals surface area contributed by atoms with Crippen LogP contribution in [-0.2, 0) is 9.53 Å². The van der Waals surface area contributed by atoms with E-state index in [4.69, 9.17) is 9.84 Å². The van der Waals surface area contributed by atoms with Gasteiger partial charge in [0.25, 0.3) is 0 Å². The van der Waals surface area contributed by atoms with Crippen LogP contribution < -0.4 is 0 Å². The molecule has 0 radical (unpaired) electrons. The maximum absolute atomic E-state index is 10.8. The Kier molecular flexibility index (Phi) is 1.68. The Morgan fingerprint density at radius 1 is 1.50 bits per heavy atom. The van der Waals surface area contributed by atoms with Gasteiger partial charge in [0.05, 0.1) is 12.0 Å². The number of rotatable bonds is 2. The molecule has 1 N–H and O–H groups in total. The normalized spacial score (nSPS) is 43.8. The molecule has 1 fully saturated rings. The van der Waals surface area contributed by atoms with Gasteiger partial charge in [0.1, 0.15) is 0 Å². The van der Waals surface area contributed by atoms with Crippen LogP contribution in [0.15, 0.2) is 12.2 Å². The number of carboxylic acid groups (broad SMARTS) is 1. The summed E-state index contributed by atoms with van der Waals surface area (Å²) in [6, 6.07) is 0. The highest BCUT2D eigenvalue weighted by Gasteiger charge is 2.48. The number of allylic oxidation sites excluding steroid dienone is 1. The van der Waals surface area contributed by atoms with Crippen molar-refractivity contribution in [2.24, 2.45) is 17.8 Å². The van der Waals surface area contributed by atoms with Gasteiger partial charge in [-0.3, -0.25) is 4.79 Å². The maximum atomic E-state index is 10.8. The van der Waals surface area contributed by atoms with Crippen molar-refractivity contribution in [1.29, 1.82) is 0 Å². The van der Waals surface area contributed by atoms with Crippen molar-refractivity contribution in [2.75, 3.05) is 7.11 Å². The Balaban J connectivity index is 2.23. The monoisotopic (exact) mass is 168 g/mol. The predicted octanol–water partition coefficient (Wildman–Crippen LogP) is 0.908. The van der Waals surface area contributed by atoms with Gasteiger partial charge in [0, 0.05) is 13.0 Å². The second-order valence-electron chi connectivity index (χ2n) is 3.51. The third-order valence-electron chi connectivity index (χ3n) is 2.94. The highest BCUT2D eigenvalue weighted by Crippen LogP contribution is 2.44. The molecule has 66 valence electrons. The Morgan fingerprint density at radius 2 is 2.17 bits per heavy atom. The number of carbonyl (C=O) groups is 1. The number of ether oxygens (including phenoxy) is 1. The van der Waals surface area contributed by atoms with Crippen molar-refractivity contribution in [3.63, 3.8) is 0 Å². The molecule has 2 rings (SSSR count). The molecule has 2 aliphatic rings. The minimum absolute atomic E-state index is 0.0995. The second-order valence-corrected chi connectivity index (χ2v) is 3.51. The Morgan fingerprint density at radius 3 is 2.67 bits per heavy atom. The maximum Gasteiger partial charge on any atom is 0.309 e. The van der Waals surface area contributed by atoms with Gasteiger partial charge in [-0.05, 0) is 12.3 Å². The number of carboxylic acids is 1. The molecule has 2 bridgehead atoms. The van der Waals surface area contributed by atoms with Crippen molar-refractivity contribution in [3.05, 3.63) is 12.2 Å². The lowest BCUT2D eigenvalue weighted by Gasteiger charge is -2.22. The van der Waals surface area contributed by atoms with E-state index in [1.165, 1.54) is 0 Å². The predicted molar refractivity (Wildman–Crippen MR) is 42.7 cm³/mol. The zero-order chi connectivity index (χ0) is 8.72. The molecule has 12 heavy (non-hydrogen) atoms. The first-order valence-electron chi connectivity index (χ1n) is 4.18. The van der Waals surface area contributed by atoms with Crippen LogP contribution in [0.5, 0.6) is 0 Å². The zero-order valence-electron chi connectivity index (χ0n) is 6.93. The first-order valence-corrected chi connectivity index (χ1v) is 4.18. The van der Waals surface area contributed by atoms with Gasteiger partial charge in [0.15, 0.2) is 0 Å². The lowest BCUT2D eigenvalue weighted by atomic mass is 9.91. The van der Waals surface area contributed by atoms with Gasteiger partial charge in [-0.25, -0.2) is 0 Å². The average molecular weight is 168 g/mol. The van der Waals surface area contributed by atoms with Crippen molar-refractivity contribution in [1.82, 2.24) is 0 Å². The van der Waals surface area contributed by atoms with E-state index >= 15 is 0 Å². The molecule has 3 nitrogen and oxygen atoms in total. The molecule has 1 saturated carbocycles.